The molecule has 1 unspecified atom stereocenters. The van der Waals surface area contributed by atoms with Gasteiger partial charge in [0.1, 0.15) is 6.10 Å². The Hall–Kier alpha value is -1.14. The number of pyridine rings is 1. The Balaban J connectivity index is 1.66. The van der Waals surface area contributed by atoms with Gasteiger partial charge in [-0.1, -0.05) is 26.8 Å². The molecule has 1 aromatic carbocycles. The molecule has 1 aromatic heterocycles. The first-order valence-corrected chi connectivity index (χ1v) is 9.54. The number of aromatic nitrogens is 1. The molecule has 1 aliphatic carbocycles. The molecule has 1 aliphatic rings. The Bertz CT molecular complexity index is 669. The number of hydrogen-bond acceptors (Lipinski definition) is 2. The second kappa shape index (κ2) is 6.77. The van der Waals surface area contributed by atoms with Gasteiger partial charge in [0, 0.05) is 11.5 Å². The first-order chi connectivity index (χ1) is 11.0. The lowest BCUT2D eigenvalue weighted by molar-refractivity contribution is 0.0854. The minimum atomic E-state index is 0.324. The second-order valence-electron chi connectivity index (χ2n) is 7.84. The van der Waals surface area contributed by atoms with E-state index in [1.165, 1.54) is 23.8 Å². The van der Waals surface area contributed by atoms with Crippen LogP contribution in [0.15, 0.2) is 30.3 Å². The molecular formula is C20H28NOP. The fourth-order valence-corrected chi connectivity index (χ4v) is 3.82. The third kappa shape index (κ3) is 4.04. The topological polar surface area (TPSA) is 22.1 Å². The monoisotopic (exact) mass is 329 g/mol. The van der Waals surface area contributed by atoms with E-state index in [9.17, 15) is 0 Å². The molecule has 0 N–H and O–H groups in total. The van der Waals surface area contributed by atoms with Gasteiger partial charge in [0.2, 0.25) is 5.88 Å². The average Bonchev–Trinajstić information content (AvgIpc) is 2.54. The number of fused-ring (bicyclic) bond motifs is 1. The second-order valence-corrected chi connectivity index (χ2v) is 8.25. The molecule has 0 amide bonds. The SMILES string of the molecule is CC(C)(C)[C@H]1CC[C@H](Oc2ccc3cc(CP)ccc3n2)CC1. The van der Waals surface area contributed by atoms with Crippen LogP contribution in [0.3, 0.4) is 0 Å². The van der Waals surface area contributed by atoms with Gasteiger partial charge in [-0.3, -0.25) is 0 Å². The van der Waals surface area contributed by atoms with Gasteiger partial charge in [0.05, 0.1) is 5.52 Å². The fourth-order valence-electron chi connectivity index (χ4n) is 3.57. The van der Waals surface area contributed by atoms with Crippen LogP contribution in [0.5, 0.6) is 5.88 Å². The Morgan fingerprint density at radius 1 is 1.09 bits per heavy atom. The van der Waals surface area contributed by atoms with Crippen molar-refractivity contribution in [3.05, 3.63) is 35.9 Å². The molecule has 1 fully saturated rings. The largest absolute Gasteiger partial charge is 0.474 e. The van der Waals surface area contributed by atoms with E-state index < -0.39 is 0 Å². The first kappa shape index (κ1) is 16.7. The summed E-state index contributed by atoms with van der Waals surface area (Å²) in [6, 6.07) is 10.6. The van der Waals surface area contributed by atoms with Gasteiger partial charge in [-0.25, -0.2) is 4.98 Å². The lowest BCUT2D eigenvalue weighted by Crippen LogP contribution is -2.30. The van der Waals surface area contributed by atoms with Gasteiger partial charge in [-0.2, -0.15) is 0 Å². The molecule has 2 nitrogen and oxygen atoms in total. The molecule has 1 saturated carbocycles. The highest BCUT2D eigenvalue weighted by Crippen LogP contribution is 2.38. The summed E-state index contributed by atoms with van der Waals surface area (Å²) >= 11 is 0. The molecule has 23 heavy (non-hydrogen) atoms. The lowest BCUT2D eigenvalue weighted by Gasteiger charge is -2.36. The van der Waals surface area contributed by atoms with Gasteiger partial charge in [-0.05, 0) is 66.9 Å². The Morgan fingerprint density at radius 2 is 1.83 bits per heavy atom. The van der Waals surface area contributed by atoms with E-state index in [0.717, 1.165) is 36.3 Å². The molecule has 2 aromatic rings. The molecule has 0 saturated heterocycles. The molecular weight excluding hydrogens is 301 g/mol. The van der Waals surface area contributed by atoms with Gasteiger partial charge in [0.15, 0.2) is 0 Å². The summed E-state index contributed by atoms with van der Waals surface area (Å²) in [6.07, 6.45) is 6.12. The standard InChI is InChI=1S/C20H28NOP/c1-20(2,3)16-6-8-17(9-7-16)22-19-11-5-15-12-14(13-23)4-10-18(15)21-19/h4-5,10-12,16-17H,6-9,13,23H2,1-3H3/t16-,17-. The van der Waals surface area contributed by atoms with Crippen LogP contribution in [-0.2, 0) is 6.16 Å². The summed E-state index contributed by atoms with van der Waals surface area (Å²) in [6.45, 7) is 7.06. The normalized spacial score (nSPS) is 22.3. The molecule has 124 valence electrons. The lowest BCUT2D eigenvalue weighted by atomic mass is 9.72. The van der Waals surface area contributed by atoms with Gasteiger partial charge in [-0.15, -0.1) is 9.24 Å². The van der Waals surface area contributed by atoms with Gasteiger partial charge >= 0.3 is 0 Å². The minimum absolute atomic E-state index is 0.324. The van der Waals surface area contributed by atoms with Crippen molar-refractivity contribution in [2.75, 3.05) is 0 Å². The summed E-state index contributed by atoms with van der Waals surface area (Å²) in [5, 5.41) is 1.19. The predicted octanol–water partition coefficient (Wildman–Crippen LogP) is 5.59. The van der Waals surface area contributed by atoms with Crippen LogP contribution in [0.25, 0.3) is 10.9 Å². The van der Waals surface area contributed by atoms with E-state index in [2.05, 4.69) is 59.3 Å². The van der Waals surface area contributed by atoms with Crippen molar-refractivity contribution >= 4 is 20.1 Å². The molecule has 0 aliphatic heterocycles. The fraction of sp³-hybridized carbons (Fsp3) is 0.550. The third-order valence-electron chi connectivity index (χ3n) is 5.15. The quantitative estimate of drug-likeness (QED) is 0.684. The van der Waals surface area contributed by atoms with Gasteiger partial charge < -0.3 is 4.74 Å². The van der Waals surface area contributed by atoms with Crippen molar-refractivity contribution in [3.63, 3.8) is 0 Å². The zero-order chi connectivity index (χ0) is 16.4. The number of ether oxygens (including phenoxy) is 1. The molecule has 3 heteroatoms. The van der Waals surface area contributed by atoms with Crippen LogP contribution in [0.2, 0.25) is 0 Å². The van der Waals surface area contributed by atoms with Crippen LogP contribution >= 0.6 is 9.24 Å². The maximum absolute atomic E-state index is 6.17. The van der Waals surface area contributed by atoms with Crippen molar-refractivity contribution in [2.45, 2.75) is 58.7 Å². The van der Waals surface area contributed by atoms with Crippen LogP contribution in [0.1, 0.15) is 52.0 Å². The van der Waals surface area contributed by atoms with Crippen molar-refractivity contribution in [1.82, 2.24) is 4.98 Å². The highest BCUT2D eigenvalue weighted by molar-refractivity contribution is 7.15. The van der Waals surface area contributed by atoms with E-state index in [1.54, 1.807) is 0 Å². The van der Waals surface area contributed by atoms with E-state index in [1.807, 2.05) is 6.07 Å². The molecule has 0 bridgehead atoms. The molecule has 0 radical (unpaired) electrons. The maximum atomic E-state index is 6.17. The number of rotatable bonds is 3. The maximum Gasteiger partial charge on any atom is 0.214 e. The van der Waals surface area contributed by atoms with Crippen LogP contribution in [-0.4, -0.2) is 11.1 Å². The molecule has 1 atom stereocenters. The predicted molar refractivity (Wildman–Crippen MR) is 101 cm³/mol. The molecule has 0 spiro atoms. The summed E-state index contributed by atoms with van der Waals surface area (Å²) < 4.78 is 6.17. The summed E-state index contributed by atoms with van der Waals surface area (Å²) in [5.41, 5.74) is 2.76. The van der Waals surface area contributed by atoms with Crippen LogP contribution in [0, 0.1) is 11.3 Å². The highest BCUT2D eigenvalue weighted by Gasteiger charge is 2.30. The summed E-state index contributed by atoms with van der Waals surface area (Å²) in [7, 11) is 2.77. The van der Waals surface area contributed by atoms with E-state index in [0.29, 0.717) is 11.5 Å². The Morgan fingerprint density at radius 3 is 2.48 bits per heavy atom. The van der Waals surface area contributed by atoms with E-state index in [-0.39, 0.29) is 0 Å². The van der Waals surface area contributed by atoms with Crippen molar-refractivity contribution < 1.29 is 4.74 Å². The van der Waals surface area contributed by atoms with Crippen molar-refractivity contribution in [3.8, 4) is 5.88 Å². The zero-order valence-electron chi connectivity index (χ0n) is 14.5. The smallest absolute Gasteiger partial charge is 0.214 e. The summed E-state index contributed by atoms with van der Waals surface area (Å²) in [4.78, 5) is 4.68. The minimum Gasteiger partial charge on any atom is -0.474 e. The van der Waals surface area contributed by atoms with Crippen LogP contribution in [0.4, 0.5) is 0 Å². The average molecular weight is 329 g/mol. The summed E-state index contributed by atoms with van der Waals surface area (Å²) in [5.74, 6) is 1.59. The molecule has 1 heterocycles. The Labute approximate surface area is 142 Å². The van der Waals surface area contributed by atoms with E-state index >= 15 is 0 Å². The number of nitrogens with zero attached hydrogens (tertiary/aromatic N) is 1. The first-order valence-electron chi connectivity index (χ1n) is 8.72. The zero-order valence-corrected chi connectivity index (χ0v) is 15.7. The number of benzene rings is 1. The number of hydrogen-bond donors (Lipinski definition) is 0. The highest BCUT2D eigenvalue weighted by atomic mass is 31.0. The molecule has 3 rings (SSSR count). The Kier molecular flexibility index (Phi) is 4.92. The van der Waals surface area contributed by atoms with Crippen LogP contribution < -0.4 is 4.74 Å². The third-order valence-corrected chi connectivity index (χ3v) is 5.62. The van der Waals surface area contributed by atoms with E-state index in [4.69, 9.17) is 4.74 Å². The van der Waals surface area contributed by atoms with Crippen molar-refractivity contribution in [2.24, 2.45) is 11.3 Å². The van der Waals surface area contributed by atoms with Gasteiger partial charge in [0.25, 0.3) is 0 Å². The van der Waals surface area contributed by atoms with Crippen molar-refractivity contribution in [1.29, 1.82) is 0 Å².